The number of H-pyrrole nitrogens is 1. The van der Waals surface area contributed by atoms with Gasteiger partial charge in [-0.05, 0) is 20.3 Å². The number of hydrogen-bond acceptors (Lipinski definition) is 1. The van der Waals surface area contributed by atoms with E-state index in [4.69, 9.17) is 0 Å². The number of nitrogens with zero attached hydrogens (tertiary/aromatic N) is 1. The first-order valence-corrected chi connectivity index (χ1v) is 2.62. The van der Waals surface area contributed by atoms with Crippen LogP contribution in [0.15, 0.2) is 6.20 Å². The Hall–Kier alpha value is -0.790. The van der Waals surface area contributed by atoms with Gasteiger partial charge in [0.05, 0.1) is 0 Å². The fourth-order valence-electron chi connectivity index (χ4n) is 0.599. The molecule has 1 rings (SSSR count). The van der Waals surface area contributed by atoms with Gasteiger partial charge >= 0.3 is 0 Å². The quantitative estimate of drug-likeness (QED) is 0.574. The molecule has 2 nitrogen and oxygen atoms in total. The summed E-state index contributed by atoms with van der Waals surface area (Å²) in [6.45, 7) is 5.63. The van der Waals surface area contributed by atoms with Crippen LogP contribution in [0, 0.1) is 13.8 Å². The van der Waals surface area contributed by atoms with Gasteiger partial charge in [-0.15, -0.1) is 0 Å². The van der Waals surface area contributed by atoms with Crippen LogP contribution in [0.2, 0.25) is 0 Å². The minimum absolute atomic E-state index is 0.792. The van der Waals surface area contributed by atoms with Crippen molar-refractivity contribution in [1.29, 1.82) is 0 Å². The van der Waals surface area contributed by atoms with Crippen LogP contribution in [0.4, 0.5) is 0 Å². The smallest absolute Gasteiger partial charge is 0.103 e. The molecule has 1 heterocycles. The Morgan fingerprint density at radius 3 is 2.88 bits per heavy atom. The average molecular weight is 109 g/mol. The van der Waals surface area contributed by atoms with E-state index < -0.39 is 0 Å². The number of aromatic amines is 1. The van der Waals surface area contributed by atoms with Crippen LogP contribution in [0.25, 0.3) is 0 Å². The zero-order chi connectivity index (χ0) is 5.98. The van der Waals surface area contributed by atoms with Crippen molar-refractivity contribution in [3.8, 4) is 0 Å². The lowest BCUT2D eigenvalue weighted by atomic mass is 10.4. The number of nitrogens with one attached hydrogen (secondary N) is 1. The van der Waals surface area contributed by atoms with E-state index >= 15 is 0 Å². The van der Waals surface area contributed by atoms with Crippen molar-refractivity contribution in [1.82, 2.24) is 9.97 Å². The van der Waals surface area contributed by atoms with Crippen molar-refractivity contribution in [2.45, 2.75) is 13.3 Å². The molecule has 0 spiro atoms. The van der Waals surface area contributed by atoms with Gasteiger partial charge in [-0.2, -0.15) is 0 Å². The van der Waals surface area contributed by atoms with Crippen LogP contribution < -0.4 is 0 Å². The van der Waals surface area contributed by atoms with Crippen LogP contribution in [0.3, 0.4) is 0 Å². The zero-order valence-electron chi connectivity index (χ0n) is 4.94. The highest BCUT2D eigenvalue weighted by atomic mass is 14.9. The average Bonchev–Trinajstić information content (AvgIpc) is 2.14. The van der Waals surface area contributed by atoms with Crippen LogP contribution in [-0.4, -0.2) is 9.97 Å². The van der Waals surface area contributed by atoms with Crippen molar-refractivity contribution in [2.75, 3.05) is 0 Å². The third-order valence-corrected chi connectivity index (χ3v) is 1.02. The molecule has 0 aliphatic carbocycles. The number of imidazole rings is 1. The summed E-state index contributed by atoms with van der Waals surface area (Å²) in [6.07, 6.45) is 2.60. The SMILES string of the molecule is [CH2]Cc1cnc(C)[nH]1. The van der Waals surface area contributed by atoms with Gasteiger partial charge < -0.3 is 4.98 Å². The van der Waals surface area contributed by atoms with Crippen LogP contribution in [0.5, 0.6) is 0 Å². The van der Waals surface area contributed by atoms with Crippen LogP contribution in [0.1, 0.15) is 11.5 Å². The summed E-state index contributed by atoms with van der Waals surface area (Å²) < 4.78 is 0. The molecule has 0 aliphatic heterocycles. The summed E-state index contributed by atoms with van der Waals surface area (Å²) >= 11 is 0. The lowest BCUT2D eigenvalue weighted by Crippen LogP contribution is -1.77. The maximum absolute atomic E-state index is 3.99. The standard InChI is InChI=1S/C6H9N2/c1-3-6-4-7-5(2)8-6/h4H,1,3H2,2H3,(H,7,8). The first kappa shape index (κ1) is 5.35. The first-order chi connectivity index (χ1) is 3.83. The van der Waals surface area contributed by atoms with E-state index in [1.807, 2.05) is 13.1 Å². The predicted molar refractivity (Wildman–Crippen MR) is 32.4 cm³/mol. The highest BCUT2D eigenvalue weighted by Crippen LogP contribution is 1.93. The van der Waals surface area contributed by atoms with E-state index in [-0.39, 0.29) is 0 Å². The van der Waals surface area contributed by atoms with Crippen molar-refractivity contribution >= 4 is 0 Å². The second kappa shape index (κ2) is 1.99. The molecular weight excluding hydrogens is 100 g/mol. The van der Waals surface area contributed by atoms with Crippen molar-refractivity contribution in [2.24, 2.45) is 0 Å². The Morgan fingerprint density at radius 1 is 1.88 bits per heavy atom. The highest BCUT2D eigenvalue weighted by Gasteiger charge is 1.89. The van der Waals surface area contributed by atoms with Gasteiger partial charge in [-0.1, -0.05) is 0 Å². The number of rotatable bonds is 1. The fourth-order valence-corrected chi connectivity index (χ4v) is 0.599. The molecule has 0 aromatic carbocycles. The second-order valence-corrected chi connectivity index (χ2v) is 1.74. The Bertz CT molecular complexity index is 167. The molecule has 1 aromatic rings. The monoisotopic (exact) mass is 109 g/mol. The molecule has 0 bridgehead atoms. The molecule has 43 valence electrons. The number of aryl methyl sites for hydroxylation is 1. The summed E-state index contributed by atoms with van der Waals surface area (Å²) in [4.78, 5) is 7.04. The van der Waals surface area contributed by atoms with E-state index in [1.165, 1.54) is 0 Å². The van der Waals surface area contributed by atoms with Gasteiger partial charge in [0.15, 0.2) is 0 Å². The van der Waals surface area contributed by atoms with Gasteiger partial charge in [0, 0.05) is 11.9 Å². The first-order valence-electron chi connectivity index (χ1n) is 2.62. The van der Waals surface area contributed by atoms with Gasteiger partial charge in [0.1, 0.15) is 5.82 Å². The van der Waals surface area contributed by atoms with Crippen molar-refractivity contribution < 1.29 is 0 Å². The van der Waals surface area contributed by atoms with Crippen LogP contribution >= 0.6 is 0 Å². The van der Waals surface area contributed by atoms with E-state index in [2.05, 4.69) is 16.9 Å². The molecule has 0 amide bonds. The molecule has 0 saturated heterocycles. The van der Waals surface area contributed by atoms with E-state index in [0.29, 0.717) is 0 Å². The van der Waals surface area contributed by atoms with E-state index in [0.717, 1.165) is 17.9 Å². The molecule has 0 aliphatic rings. The van der Waals surface area contributed by atoms with Crippen LogP contribution in [-0.2, 0) is 6.42 Å². The number of hydrogen-bond donors (Lipinski definition) is 1. The molecule has 0 unspecified atom stereocenters. The largest absolute Gasteiger partial charge is 0.346 e. The molecule has 0 atom stereocenters. The van der Waals surface area contributed by atoms with Gasteiger partial charge in [-0.3, -0.25) is 0 Å². The molecule has 1 radical (unpaired) electrons. The summed E-state index contributed by atoms with van der Waals surface area (Å²) in [5.74, 6) is 0.962. The van der Waals surface area contributed by atoms with E-state index in [9.17, 15) is 0 Å². The Labute approximate surface area is 49.0 Å². The molecule has 0 saturated carbocycles. The maximum atomic E-state index is 3.99. The topological polar surface area (TPSA) is 28.7 Å². The van der Waals surface area contributed by atoms with Gasteiger partial charge in [-0.25, -0.2) is 4.98 Å². The molecule has 1 N–H and O–H groups in total. The summed E-state index contributed by atoms with van der Waals surface area (Å²) in [6, 6.07) is 0. The lowest BCUT2D eigenvalue weighted by Gasteiger charge is -1.81. The summed E-state index contributed by atoms with van der Waals surface area (Å²) in [5.41, 5.74) is 1.10. The molecule has 8 heavy (non-hydrogen) atoms. The van der Waals surface area contributed by atoms with Crippen molar-refractivity contribution in [3.05, 3.63) is 24.6 Å². The fraction of sp³-hybridized carbons (Fsp3) is 0.333. The second-order valence-electron chi connectivity index (χ2n) is 1.74. The lowest BCUT2D eigenvalue weighted by molar-refractivity contribution is 1.09. The Kier molecular flexibility index (Phi) is 1.33. The minimum atomic E-state index is 0.792. The highest BCUT2D eigenvalue weighted by molar-refractivity contribution is 5.00. The predicted octanol–water partition coefficient (Wildman–Crippen LogP) is 1.09. The van der Waals surface area contributed by atoms with Gasteiger partial charge in [0.2, 0.25) is 0 Å². The summed E-state index contributed by atoms with van der Waals surface area (Å²) in [5, 5.41) is 0. The molecular formula is C6H9N2. The Balaban J connectivity index is 2.84. The zero-order valence-corrected chi connectivity index (χ0v) is 4.94. The number of aromatic nitrogens is 2. The normalized spacial score (nSPS) is 9.75. The minimum Gasteiger partial charge on any atom is -0.346 e. The molecule has 0 fully saturated rings. The maximum Gasteiger partial charge on any atom is 0.103 e. The summed E-state index contributed by atoms with van der Waals surface area (Å²) in [7, 11) is 0. The van der Waals surface area contributed by atoms with E-state index in [1.54, 1.807) is 0 Å². The van der Waals surface area contributed by atoms with Crippen molar-refractivity contribution in [3.63, 3.8) is 0 Å². The Morgan fingerprint density at radius 2 is 2.62 bits per heavy atom. The molecule has 2 heteroatoms. The molecule has 1 aromatic heterocycles. The van der Waals surface area contributed by atoms with Gasteiger partial charge in [0.25, 0.3) is 0 Å². The third kappa shape index (κ3) is 0.886. The third-order valence-electron chi connectivity index (χ3n) is 1.02.